The summed E-state index contributed by atoms with van der Waals surface area (Å²) in [6.07, 6.45) is 1.60. The van der Waals surface area contributed by atoms with Crippen LogP contribution < -0.4 is 15.4 Å². The number of nitrogens with one attached hydrogen (secondary N) is 2. The van der Waals surface area contributed by atoms with Gasteiger partial charge in [0.15, 0.2) is 0 Å². The fraction of sp³-hybridized carbons (Fsp3) is 0.115. The van der Waals surface area contributed by atoms with E-state index in [0.717, 1.165) is 39.0 Å². The molecule has 0 spiro atoms. The van der Waals surface area contributed by atoms with Gasteiger partial charge in [-0.05, 0) is 111 Å². The molecule has 4 amide bonds. The Morgan fingerprint density at radius 2 is 1.78 bits per heavy atom. The Morgan fingerprint density at radius 3 is 2.44 bits per heavy atom. The van der Waals surface area contributed by atoms with Crippen molar-refractivity contribution in [2.24, 2.45) is 0 Å². The number of aryl methyl sites for hydroxylation is 1. The number of benzene rings is 3. The molecule has 0 radical (unpaired) electrons. The smallest absolute Gasteiger partial charge is 0.329 e. The molecule has 0 aromatic heterocycles. The van der Waals surface area contributed by atoms with Gasteiger partial charge in [-0.15, -0.1) is 0 Å². The Bertz CT molecular complexity index is 1350. The molecule has 1 aliphatic rings. The first-order valence-corrected chi connectivity index (χ1v) is 13.7. The van der Waals surface area contributed by atoms with Crippen LogP contribution in [0.3, 0.4) is 0 Å². The molecule has 1 saturated heterocycles. The number of carbonyl (C=O) groups is 3. The van der Waals surface area contributed by atoms with Crippen molar-refractivity contribution in [3.8, 4) is 5.75 Å². The zero-order valence-corrected chi connectivity index (χ0v) is 24.9. The van der Waals surface area contributed by atoms with Gasteiger partial charge in [-0.25, -0.2) is 9.69 Å². The quantitative estimate of drug-likeness (QED) is 0.173. The predicted molar refractivity (Wildman–Crippen MR) is 158 cm³/mol. The average molecular weight is 772 g/mol. The topological polar surface area (TPSA) is 87.7 Å². The highest BCUT2D eigenvalue weighted by molar-refractivity contribution is 14.1. The van der Waals surface area contributed by atoms with Crippen molar-refractivity contribution in [1.29, 1.82) is 0 Å². The van der Waals surface area contributed by atoms with E-state index in [1.165, 1.54) is 0 Å². The van der Waals surface area contributed by atoms with E-state index in [0.29, 0.717) is 12.3 Å². The molecule has 1 fully saturated rings. The zero-order chi connectivity index (χ0) is 25.8. The molecule has 10 heteroatoms. The van der Waals surface area contributed by atoms with Crippen LogP contribution in [0.4, 0.5) is 10.5 Å². The van der Waals surface area contributed by atoms with E-state index < -0.39 is 17.8 Å². The van der Waals surface area contributed by atoms with Crippen LogP contribution in [0.5, 0.6) is 5.75 Å². The van der Waals surface area contributed by atoms with Crippen LogP contribution >= 0.6 is 61.1 Å². The van der Waals surface area contributed by atoms with Crippen molar-refractivity contribution >= 4 is 90.7 Å². The number of carbonyl (C=O) groups excluding carboxylic acids is 3. The summed E-state index contributed by atoms with van der Waals surface area (Å²) in [5.74, 6) is -0.265. The molecule has 3 aromatic carbocycles. The molecule has 1 aliphatic heterocycles. The molecule has 0 saturated carbocycles. The average Bonchev–Trinajstić information content (AvgIpc) is 3.07. The summed E-state index contributed by atoms with van der Waals surface area (Å²) < 4.78 is 8.78. The standard InChI is InChI=1S/C26H20BrI2N3O4/c1-15-3-2-4-19(9-15)30-23(33)13-32-25(34)22(31-26(32)35)12-17-10-20(28)24(21(29)11-17)36-14-16-5-7-18(27)8-6-16/h2-12H,13-14H2,1H3,(H,30,33)(H,31,35)/b22-12+. The van der Waals surface area contributed by atoms with Crippen molar-refractivity contribution < 1.29 is 19.1 Å². The number of imide groups is 1. The molecule has 0 aliphatic carbocycles. The lowest BCUT2D eigenvalue weighted by atomic mass is 10.2. The third-order valence-electron chi connectivity index (χ3n) is 5.19. The summed E-state index contributed by atoms with van der Waals surface area (Å²) in [5.41, 5.74) is 3.48. The van der Waals surface area contributed by atoms with E-state index in [-0.39, 0.29) is 12.2 Å². The number of ether oxygens (including phenoxy) is 1. The first kappa shape index (κ1) is 26.6. The van der Waals surface area contributed by atoms with Crippen LogP contribution in [0.2, 0.25) is 0 Å². The SMILES string of the molecule is Cc1cccc(NC(=O)CN2C(=O)N/C(=C/c3cc(I)c(OCc4ccc(Br)cc4)c(I)c3)C2=O)c1. The van der Waals surface area contributed by atoms with E-state index in [1.807, 2.05) is 61.5 Å². The van der Waals surface area contributed by atoms with Gasteiger partial charge in [-0.1, -0.05) is 40.2 Å². The lowest BCUT2D eigenvalue weighted by Gasteiger charge is -2.12. The van der Waals surface area contributed by atoms with Gasteiger partial charge in [0.1, 0.15) is 24.6 Å². The van der Waals surface area contributed by atoms with E-state index in [9.17, 15) is 14.4 Å². The summed E-state index contributed by atoms with van der Waals surface area (Å²) in [4.78, 5) is 38.6. The third kappa shape index (κ3) is 6.65. The number of hydrogen-bond donors (Lipinski definition) is 2. The Kier molecular flexibility index (Phi) is 8.67. The minimum absolute atomic E-state index is 0.110. The van der Waals surface area contributed by atoms with Gasteiger partial charge in [0.05, 0.1) is 7.14 Å². The Labute approximate surface area is 244 Å². The number of anilines is 1. The summed E-state index contributed by atoms with van der Waals surface area (Å²) in [5, 5.41) is 5.28. The molecular weight excluding hydrogens is 752 g/mol. The zero-order valence-electron chi connectivity index (χ0n) is 19.0. The monoisotopic (exact) mass is 771 g/mol. The van der Waals surface area contributed by atoms with Crippen LogP contribution in [-0.2, 0) is 16.2 Å². The van der Waals surface area contributed by atoms with Crippen LogP contribution in [0.15, 0.2) is 70.8 Å². The predicted octanol–water partition coefficient (Wildman–Crippen LogP) is 6.08. The highest BCUT2D eigenvalue weighted by atomic mass is 127. The van der Waals surface area contributed by atoms with Gasteiger partial charge in [0, 0.05) is 10.2 Å². The molecule has 184 valence electrons. The Balaban J connectivity index is 1.43. The van der Waals surface area contributed by atoms with Gasteiger partial charge in [0.25, 0.3) is 5.91 Å². The molecular formula is C26H20BrI2N3O4. The summed E-state index contributed by atoms with van der Waals surface area (Å²) in [6.45, 7) is 1.95. The van der Waals surface area contributed by atoms with Crippen LogP contribution in [-0.4, -0.2) is 29.3 Å². The molecule has 1 heterocycles. The van der Waals surface area contributed by atoms with Crippen LogP contribution in [0.25, 0.3) is 6.08 Å². The number of urea groups is 1. The third-order valence-corrected chi connectivity index (χ3v) is 7.33. The Morgan fingerprint density at radius 1 is 1.08 bits per heavy atom. The molecule has 3 aromatic rings. The fourth-order valence-electron chi connectivity index (χ4n) is 3.49. The first-order valence-electron chi connectivity index (χ1n) is 10.8. The summed E-state index contributed by atoms with van der Waals surface area (Å²) in [6, 6.07) is 18.3. The fourth-order valence-corrected chi connectivity index (χ4v) is 5.88. The summed E-state index contributed by atoms with van der Waals surface area (Å²) in [7, 11) is 0. The minimum atomic E-state index is -0.635. The first-order chi connectivity index (χ1) is 17.2. The molecule has 7 nitrogen and oxygen atoms in total. The van der Waals surface area contributed by atoms with Gasteiger partial charge >= 0.3 is 6.03 Å². The number of hydrogen-bond acceptors (Lipinski definition) is 4. The second kappa shape index (κ2) is 11.7. The second-order valence-corrected chi connectivity index (χ2v) is 11.3. The van der Waals surface area contributed by atoms with Crippen molar-refractivity contribution in [2.75, 3.05) is 11.9 Å². The maximum Gasteiger partial charge on any atom is 0.329 e. The highest BCUT2D eigenvalue weighted by Crippen LogP contribution is 2.31. The molecule has 0 unspecified atom stereocenters. The van der Waals surface area contributed by atoms with Gasteiger partial charge in [-0.2, -0.15) is 0 Å². The van der Waals surface area contributed by atoms with E-state index in [1.54, 1.807) is 12.1 Å². The summed E-state index contributed by atoms with van der Waals surface area (Å²) >= 11 is 7.80. The van der Waals surface area contributed by atoms with Crippen LogP contribution in [0, 0.1) is 14.1 Å². The van der Waals surface area contributed by atoms with Crippen LogP contribution in [0.1, 0.15) is 16.7 Å². The molecule has 4 rings (SSSR count). The lowest BCUT2D eigenvalue weighted by molar-refractivity contribution is -0.127. The lowest BCUT2D eigenvalue weighted by Crippen LogP contribution is -2.38. The number of rotatable bonds is 7. The van der Waals surface area contributed by atoms with E-state index in [2.05, 4.69) is 71.7 Å². The highest BCUT2D eigenvalue weighted by Gasteiger charge is 2.35. The second-order valence-electron chi connectivity index (χ2n) is 8.03. The number of halogens is 3. The van der Waals surface area contributed by atoms with E-state index >= 15 is 0 Å². The number of nitrogens with zero attached hydrogens (tertiary/aromatic N) is 1. The van der Waals surface area contributed by atoms with Gasteiger partial charge < -0.3 is 15.4 Å². The molecule has 36 heavy (non-hydrogen) atoms. The van der Waals surface area contributed by atoms with Crippen molar-refractivity contribution in [3.63, 3.8) is 0 Å². The van der Waals surface area contributed by atoms with Gasteiger partial charge in [0.2, 0.25) is 5.91 Å². The maximum atomic E-state index is 12.8. The molecule has 0 atom stereocenters. The van der Waals surface area contributed by atoms with E-state index in [4.69, 9.17) is 4.74 Å². The molecule has 0 bridgehead atoms. The van der Waals surface area contributed by atoms with Crippen molar-refractivity contribution in [3.05, 3.63) is 94.7 Å². The van der Waals surface area contributed by atoms with Crippen molar-refractivity contribution in [1.82, 2.24) is 10.2 Å². The van der Waals surface area contributed by atoms with Gasteiger partial charge in [-0.3, -0.25) is 9.59 Å². The Hall–Kier alpha value is -2.45. The largest absolute Gasteiger partial charge is 0.487 e. The minimum Gasteiger partial charge on any atom is -0.487 e. The number of amides is 4. The maximum absolute atomic E-state index is 12.8. The van der Waals surface area contributed by atoms with Crippen molar-refractivity contribution in [2.45, 2.75) is 13.5 Å². The molecule has 2 N–H and O–H groups in total. The normalized spacial score (nSPS) is 14.2.